The number of halogens is 3. The van der Waals surface area contributed by atoms with Gasteiger partial charge < -0.3 is 29.4 Å². The van der Waals surface area contributed by atoms with E-state index in [0.29, 0.717) is 57.2 Å². The second-order valence-electron chi connectivity index (χ2n) is 9.83. The molecule has 0 saturated carbocycles. The van der Waals surface area contributed by atoms with Crippen LogP contribution in [0.4, 0.5) is 24.7 Å². The van der Waals surface area contributed by atoms with Crippen LogP contribution in [0.15, 0.2) is 30.9 Å². The number of carbonyl (C=O) groups excluding carboxylic acids is 1. The Labute approximate surface area is 220 Å². The number of benzene rings is 1. The SMILES string of the molecule is C=CC(=O)N1CCN(c2nc(OC(C)CN(C)C)nc3c2CCN(c2cc(O)ccc2C(F)(F)F)C3)CC1. The molecule has 9 nitrogen and oxygen atoms in total. The Morgan fingerprint density at radius 1 is 1.18 bits per heavy atom. The van der Waals surface area contributed by atoms with Crippen molar-refractivity contribution in [3.8, 4) is 11.8 Å². The molecular formula is C26H33F3N6O3. The molecule has 1 aromatic carbocycles. The summed E-state index contributed by atoms with van der Waals surface area (Å²) < 4.78 is 47.3. The van der Waals surface area contributed by atoms with Crippen LogP contribution >= 0.6 is 0 Å². The Kier molecular flexibility index (Phi) is 8.00. The minimum absolute atomic E-state index is 0.0942. The van der Waals surface area contributed by atoms with E-state index in [4.69, 9.17) is 9.72 Å². The largest absolute Gasteiger partial charge is 0.508 e. The second kappa shape index (κ2) is 11.1. The van der Waals surface area contributed by atoms with Gasteiger partial charge in [0.25, 0.3) is 0 Å². The van der Waals surface area contributed by atoms with E-state index in [1.807, 2.05) is 25.9 Å². The zero-order valence-corrected chi connectivity index (χ0v) is 21.8. The first kappa shape index (κ1) is 27.5. The predicted octanol–water partition coefficient (Wildman–Crippen LogP) is 2.93. The molecule has 4 rings (SSSR count). The number of fused-ring (bicyclic) bond motifs is 1. The molecule has 2 aliphatic heterocycles. The Bertz CT molecular complexity index is 1180. The van der Waals surface area contributed by atoms with Gasteiger partial charge in [0.2, 0.25) is 5.91 Å². The number of aromatic nitrogens is 2. The minimum Gasteiger partial charge on any atom is -0.508 e. The van der Waals surface area contributed by atoms with Crippen LogP contribution in [-0.2, 0) is 23.9 Å². The maximum atomic E-state index is 13.8. The summed E-state index contributed by atoms with van der Waals surface area (Å²) in [5, 5.41) is 9.95. The summed E-state index contributed by atoms with van der Waals surface area (Å²) in [6.45, 7) is 8.57. The number of hydrogen-bond acceptors (Lipinski definition) is 8. The zero-order valence-electron chi connectivity index (χ0n) is 21.8. The van der Waals surface area contributed by atoms with Crippen LogP contribution in [0, 0.1) is 0 Å². The summed E-state index contributed by atoms with van der Waals surface area (Å²) in [5.41, 5.74) is 0.524. The number of carbonyl (C=O) groups is 1. The Balaban J connectivity index is 1.68. The van der Waals surface area contributed by atoms with E-state index >= 15 is 0 Å². The summed E-state index contributed by atoms with van der Waals surface area (Å²) in [4.78, 5) is 28.7. The molecule has 12 heteroatoms. The highest BCUT2D eigenvalue weighted by atomic mass is 19.4. The molecule has 38 heavy (non-hydrogen) atoms. The molecule has 0 bridgehead atoms. The molecule has 1 atom stereocenters. The van der Waals surface area contributed by atoms with E-state index < -0.39 is 11.7 Å². The summed E-state index contributed by atoms with van der Waals surface area (Å²) in [6.07, 6.45) is -3.08. The predicted molar refractivity (Wildman–Crippen MR) is 138 cm³/mol. The quantitative estimate of drug-likeness (QED) is 0.543. The molecule has 1 saturated heterocycles. The van der Waals surface area contributed by atoms with Crippen molar-refractivity contribution >= 4 is 17.4 Å². The minimum atomic E-state index is -4.57. The topological polar surface area (TPSA) is 85.3 Å². The molecule has 0 spiro atoms. The lowest BCUT2D eigenvalue weighted by Gasteiger charge is -2.38. The average Bonchev–Trinajstić information content (AvgIpc) is 2.86. The van der Waals surface area contributed by atoms with Gasteiger partial charge in [-0.3, -0.25) is 4.79 Å². The van der Waals surface area contributed by atoms with Gasteiger partial charge in [-0.15, -0.1) is 0 Å². The number of amides is 1. The number of phenolic OH excluding ortho intramolecular Hbond substituents is 1. The fourth-order valence-electron chi connectivity index (χ4n) is 4.93. The van der Waals surface area contributed by atoms with E-state index in [0.717, 1.165) is 23.8 Å². The van der Waals surface area contributed by atoms with Crippen LogP contribution in [0.25, 0.3) is 0 Å². The molecule has 3 heterocycles. The van der Waals surface area contributed by atoms with Crippen molar-refractivity contribution in [2.45, 2.75) is 32.2 Å². The molecule has 0 radical (unpaired) electrons. The highest BCUT2D eigenvalue weighted by molar-refractivity contribution is 5.87. The number of nitrogens with zero attached hydrogens (tertiary/aromatic N) is 6. The number of phenols is 1. The zero-order chi connectivity index (χ0) is 27.6. The van der Waals surface area contributed by atoms with Gasteiger partial charge in [-0.2, -0.15) is 23.1 Å². The smallest absolute Gasteiger partial charge is 0.418 e. The Morgan fingerprint density at radius 2 is 1.89 bits per heavy atom. The molecule has 1 unspecified atom stereocenters. The highest BCUT2D eigenvalue weighted by Gasteiger charge is 2.37. The molecule has 2 aliphatic rings. The van der Waals surface area contributed by atoms with Gasteiger partial charge in [-0.05, 0) is 45.6 Å². The van der Waals surface area contributed by atoms with E-state index in [1.54, 1.807) is 9.80 Å². The monoisotopic (exact) mass is 534 g/mol. The maximum absolute atomic E-state index is 13.8. The number of aromatic hydroxyl groups is 1. The molecule has 1 N–H and O–H groups in total. The third kappa shape index (κ3) is 6.12. The first-order chi connectivity index (χ1) is 18.0. The van der Waals surface area contributed by atoms with Crippen LogP contribution in [0.1, 0.15) is 23.7 Å². The number of anilines is 2. The van der Waals surface area contributed by atoms with Gasteiger partial charge >= 0.3 is 12.2 Å². The molecule has 1 aromatic heterocycles. The Hall–Kier alpha value is -3.54. The number of ether oxygens (including phenoxy) is 1. The van der Waals surface area contributed by atoms with Crippen molar-refractivity contribution in [1.82, 2.24) is 19.8 Å². The van der Waals surface area contributed by atoms with Crippen molar-refractivity contribution in [2.75, 3.05) is 63.2 Å². The standard InChI is InChI=1S/C26H33F3N6O3/c1-5-23(37)33-10-12-34(13-11-33)24-19-8-9-35(22-14-18(36)6-7-20(22)26(27,28)29)16-21(19)30-25(31-24)38-17(2)15-32(3)4/h5-7,14,17,36H,1,8-13,15-16H2,2-4H3. The number of alkyl halides is 3. The number of rotatable bonds is 7. The number of hydrogen-bond donors (Lipinski definition) is 1. The Morgan fingerprint density at radius 3 is 2.53 bits per heavy atom. The van der Waals surface area contributed by atoms with Gasteiger partial charge in [0.1, 0.15) is 17.7 Å². The van der Waals surface area contributed by atoms with Crippen molar-refractivity contribution in [1.29, 1.82) is 0 Å². The summed E-state index contributed by atoms with van der Waals surface area (Å²) >= 11 is 0. The van der Waals surface area contributed by atoms with E-state index in [2.05, 4.69) is 16.5 Å². The van der Waals surface area contributed by atoms with E-state index in [-0.39, 0.29) is 36.0 Å². The van der Waals surface area contributed by atoms with Crippen LogP contribution < -0.4 is 14.5 Å². The summed E-state index contributed by atoms with van der Waals surface area (Å²) in [6, 6.07) is 3.24. The van der Waals surface area contributed by atoms with E-state index in [1.165, 1.54) is 6.08 Å². The molecule has 2 aromatic rings. The fourth-order valence-corrected chi connectivity index (χ4v) is 4.93. The van der Waals surface area contributed by atoms with E-state index in [9.17, 15) is 23.1 Å². The lowest BCUT2D eigenvalue weighted by atomic mass is 10.0. The first-order valence-electron chi connectivity index (χ1n) is 12.5. The van der Waals surface area contributed by atoms with Crippen LogP contribution in [0.3, 0.4) is 0 Å². The van der Waals surface area contributed by atoms with Crippen molar-refractivity contribution in [2.24, 2.45) is 0 Å². The highest BCUT2D eigenvalue weighted by Crippen LogP contribution is 2.40. The van der Waals surface area contributed by atoms with Crippen molar-refractivity contribution < 1.29 is 27.8 Å². The van der Waals surface area contributed by atoms with Crippen LogP contribution in [0.2, 0.25) is 0 Å². The van der Waals surface area contributed by atoms with Gasteiger partial charge in [0.15, 0.2) is 0 Å². The maximum Gasteiger partial charge on any atom is 0.418 e. The molecular weight excluding hydrogens is 501 g/mol. The number of likely N-dealkylation sites (N-methyl/N-ethyl adjacent to an activating group) is 1. The van der Waals surface area contributed by atoms with Gasteiger partial charge in [-0.1, -0.05) is 6.58 Å². The third-order valence-electron chi connectivity index (χ3n) is 6.64. The number of piperazine rings is 1. The lowest BCUT2D eigenvalue weighted by molar-refractivity contribution is -0.137. The van der Waals surface area contributed by atoms with Crippen molar-refractivity contribution in [3.05, 3.63) is 47.7 Å². The average molecular weight is 535 g/mol. The third-order valence-corrected chi connectivity index (χ3v) is 6.64. The molecule has 0 aliphatic carbocycles. The van der Waals surface area contributed by atoms with Gasteiger partial charge in [0, 0.05) is 50.9 Å². The molecule has 206 valence electrons. The molecule has 1 fully saturated rings. The van der Waals surface area contributed by atoms with Gasteiger partial charge in [0.05, 0.1) is 23.5 Å². The van der Waals surface area contributed by atoms with Crippen LogP contribution in [-0.4, -0.2) is 90.2 Å². The normalized spacial score (nSPS) is 16.9. The second-order valence-corrected chi connectivity index (χ2v) is 9.83. The molecule has 1 amide bonds. The van der Waals surface area contributed by atoms with Gasteiger partial charge in [-0.25, -0.2) is 0 Å². The lowest BCUT2D eigenvalue weighted by Crippen LogP contribution is -2.49. The fraction of sp³-hybridized carbons (Fsp3) is 0.500. The van der Waals surface area contributed by atoms with Crippen molar-refractivity contribution in [3.63, 3.8) is 0 Å². The first-order valence-corrected chi connectivity index (χ1v) is 12.5. The van der Waals surface area contributed by atoms with Crippen LogP contribution in [0.5, 0.6) is 11.8 Å². The summed E-state index contributed by atoms with van der Waals surface area (Å²) in [7, 11) is 3.85. The summed E-state index contributed by atoms with van der Waals surface area (Å²) in [5.74, 6) is 0.313.